The quantitative estimate of drug-likeness (QED) is 0.350. The molecular weight excluding hydrogens is 460 g/mol. The molecule has 0 radical (unpaired) electrons. The molecule has 2 atom stereocenters. The van der Waals surface area contributed by atoms with E-state index >= 15 is 0 Å². The second-order valence-electron chi connectivity index (χ2n) is 8.92. The number of aliphatic hydroxyl groups is 3. The Hall–Kier alpha value is -1.92. The van der Waals surface area contributed by atoms with Crippen LogP contribution < -0.4 is 0 Å². The highest BCUT2D eigenvalue weighted by molar-refractivity contribution is 6.74. The van der Waals surface area contributed by atoms with Gasteiger partial charge in [-0.15, -0.1) is 0 Å². The average molecular weight is 493 g/mol. The lowest BCUT2D eigenvalue weighted by Crippen LogP contribution is -2.41. The van der Waals surface area contributed by atoms with Crippen LogP contribution in [0.2, 0.25) is 18.1 Å². The molecule has 3 N–H and O–H groups in total. The lowest BCUT2D eigenvalue weighted by Gasteiger charge is -2.36. The maximum Gasteiger partial charge on any atom is 0.280 e. The van der Waals surface area contributed by atoms with Gasteiger partial charge in [-0.2, -0.15) is 0 Å². The number of aromatic nitrogens is 2. The minimum absolute atomic E-state index is 0.0600. The molecule has 33 heavy (non-hydrogen) atoms. The molecule has 0 fully saturated rings. The van der Waals surface area contributed by atoms with Crippen molar-refractivity contribution in [3.8, 4) is 0 Å². The van der Waals surface area contributed by atoms with Crippen molar-refractivity contribution >= 4 is 8.32 Å². The normalized spacial score (nSPS) is 14.1. The fraction of sp³-hybridized carbons (Fsp3) is 0.545. The molecule has 0 aromatic carbocycles. The van der Waals surface area contributed by atoms with E-state index in [0.29, 0.717) is 11.1 Å². The SMILES string of the molecule is CC(C)(C)[Si](C)(C)OC[C@H](O)c1ccc(C(F)F)nc1.OC[C@H](O)c1ccc(C(F)F)nc1. The molecule has 0 bridgehead atoms. The van der Waals surface area contributed by atoms with Crippen LogP contribution in [0.3, 0.4) is 0 Å². The summed E-state index contributed by atoms with van der Waals surface area (Å²) in [6.07, 6.45) is -4.70. The van der Waals surface area contributed by atoms with Crippen molar-refractivity contribution in [2.24, 2.45) is 0 Å². The van der Waals surface area contributed by atoms with Gasteiger partial charge in [-0.3, -0.25) is 9.97 Å². The van der Waals surface area contributed by atoms with Gasteiger partial charge < -0.3 is 19.7 Å². The summed E-state index contributed by atoms with van der Waals surface area (Å²) in [6.45, 7) is 10.2. The van der Waals surface area contributed by atoms with E-state index < -0.39 is 40.0 Å². The third-order valence-corrected chi connectivity index (χ3v) is 9.92. The average Bonchev–Trinajstić information content (AvgIpc) is 2.76. The second kappa shape index (κ2) is 12.5. The van der Waals surface area contributed by atoms with Crippen molar-refractivity contribution in [3.63, 3.8) is 0 Å². The fourth-order valence-corrected chi connectivity index (χ4v) is 3.20. The number of rotatable bonds is 8. The van der Waals surface area contributed by atoms with Crippen LogP contribution in [-0.2, 0) is 4.43 Å². The maximum atomic E-state index is 12.4. The van der Waals surface area contributed by atoms with Crippen LogP contribution in [0, 0.1) is 0 Å². The first kappa shape index (κ1) is 29.1. The third kappa shape index (κ3) is 9.09. The molecular formula is C22H32F4N2O4Si. The first-order chi connectivity index (χ1) is 15.2. The Morgan fingerprint density at radius 3 is 1.58 bits per heavy atom. The van der Waals surface area contributed by atoms with E-state index in [1.165, 1.54) is 24.4 Å². The summed E-state index contributed by atoms with van der Waals surface area (Å²) in [4.78, 5) is 7.06. The zero-order valence-electron chi connectivity index (χ0n) is 19.3. The summed E-state index contributed by atoms with van der Waals surface area (Å²) in [5, 5.41) is 27.7. The van der Waals surface area contributed by atoms with Crippen LogP contribution in [0.1, 0.15) is 68.3 Å². The van der Waals surface area contributed by atoms with E-state index in [2.05, 4.69) is 43.8 Å². The lowest BCUT2D eigenvalue weighted by molar-refractivity contribution is 0.0950. The monoisotopic (exact) mass is 492 g/mol. The van der Waals surface area contributed by atoms with E-state index in [0.717, 1.165) is 12.3 Å². The van der Waals surface area contributed by atoms with Crippen LogP contribution in [0.15, 0.2) is 36.7 Å². The predicted molar refractivity (Wildman–Crippen MR) is 119 cm³/mol. The number of pyridine rings is 2. The van der Waals surface area contributed by atoms with Crippen LogP contribution >= 0.6 is 0 Å². The zero-order chi connectivity index (χ0) is 25.4. The fourth-order valence-electron chi connectivity index (χ4n) is 2.19. The van der Waals surface area contributed by atoms with Crippen LogP contribution in [0.4, 0.5) is 17.6 Å². The molecule has 2 rings (SSSR count). The van der Waals surface area contributed by atoms with Gasteiger partial charge in [0.25, 0.3) is 12.9 Å². The van der Waals surface area contributed by atoms with Gasteiger partial charge in [0.05, 0.1) is 13.2 Å². The van der Waals surface area contributed by atoms with Gasteiger partial charge >= 0.3 is 0 Å². The first-order valence-corrected chi connectivity index (χ1v) is 13.2. The van der Waals surface area contributed by atoms with Gasteiger partial charge in [0, 0.05) is 23.5 Å². The van der Waals surface area contributed by atoms with Crippen LogP contribution in [0.25, 0.3) is 0 Å². The molecule has 0 aliphatic carbocycles. The van der Waals surface area contributed by atoms with Crippen LogP contribution in [-0.4, -0.2) is 46.8 Å². The van der Waals surface area contributed by atoms with Gasteiger partial charge in [0.15, 0.2) is 8.32 Å². The highest BCUT2D eigenvalue weighted by Gasteiger charge is 2.37. The smallest absolute Gasteiger partial charge is 0.280 e. The zero-order valence-corrected chi connectivity index (χ0v) is 20.3. The number of hydrogen-bond donors (Lipinski definition) is 3. The Morgan fingerprint density at radius 1 is 0.848 bits per heavy atom. The summed E-state index contributed by atoms with van der Waals surface area (Å²) < 4.78 is 54.7. The minimum atomic E-state index is -2.61. The van der Waals surface area contributed by atoms with Crippen molar-refractivity contribution in [3.05, 3.63) is 59.2 Å². The number of halogens is 4. The van der Waals surface area contributed by atoms with Gasteiger partial charge in [-0.05, 0) is 30.3 Å². The number of hydrogen-bond acceptors (Lipinski definition) is 6. The number of nitrogens with zero attached hydrogens (tertiary/aromatic N) is 2. The summed E-state index contributed by atoms with van der Waals surface area (Å²) >= 11 is 0. The van der Waals surface area contributed by atoms with Gasteiger partial charge in [0.2, 0.25) is 0 Å². The van der Waals surface area contributed by atoms with Crippen molar-refractivity contribution in [1.82, 2.24) is 9.97 Å². The Labute approximate surface area is 192 Å². The lowest BCUT2D eigenvalue weighted by atomic mass is 10.1. The highest BCUT2D eigenvalue weighted by atomic mass is 28.4. The maximum absolute atomic E-state index is 12.4. The Balaban J connectivity index is 0.000000361. The highest BCUT2D eigenvalue weighted by Crippen LogP contribution is 2.37. The first-order valence-electron chi connectivity index (χ1n) is 10.3. The van der Waals surface area contributed by atoms with E-state index in [9.17, 15) is 22.7 Å². The molecule has 2 aromatic rings. The van der Waals surface area contributed by atoms with Gasteiger partial charge in [-0.25, -0.2) is 17.6 Å². The van der Waals surface area contributed by atoms with E-state index in [4.69, 9.17) is 14.6 Å². The van der Waals surface area contributed by atoms with Crippen molar-refractivity contribution < 1.29 is 37.3 Å². The molecule has 186 valence electrons. The summed E-state index contributed by atoms with van der Waals surface area (Å²) in [6, 6.07) is 5.14. The largest absolute Gasteiger partial charge is 0.414 e. The van der Waals surface area contributed by atoms with Gasteiger partial charge in [0.1, 0.15) is 23.6 Å². The topological polar surface area (TPSA) is 95.7 Å². The number of aliphatic hydroxyl groups excluding tert-OH is 3. The Bertz CT molecular complexity index is 832. The molecule has 0 saturated heterocycles. The molecule has 2 heterocycles. The van der Waals surface area contributed by atoms with E-state index in [1.807, 2.05) is 0 Å². The standard InChI is InChI=1S/C14H23F2NO2Si.C8H9F2NO2/c1-14(2,3)20(4,5)19-9-12(18)10-6-7-11(13(15)16)17-8-10;9-8(10)6-2-1-5(3-11-6)7(13)4-12/h6-8,12-13,18H,9H2,1-5H3;1-3,7-8,12-13H,4H2/t12-;7-/m00/s1. The van der Waals surface area contributed by atoms with E-state index in [-0.39, 0.29) is 23.0 Å². The Kier molecular flexibility index (Phi) is 11.0. The molecule has 0 aliphatic rings. The molecule has 0 spiro atoms. The minimum Gasteiger partial charge on any atom is -0.414 e. The second-order valence-corrected chi connectivity index (χ2v) is 13.7. The van der Waals surface area contributed by atoms with Crippen molar-refractivity contribution in [2.45, 2.75) is 64.0 Å². The molecule has 2 aromatic heterocycles. The van der Waals surface area contributed by atoms with Crippen LogP contribution in [0.5, 0.6) is 0 Å². The summed E-state index contributed by atoms with van der Waals surface area (Å²) in [5.41, 5.74) is 0.195. The molecule has 0 saturated carbocycles. The summed E-state index contributed by atoms with van der Waals surface area (Å²) in [5.74, 6) is 0. The van der Waals surface area contributed by atoms with Crippen molar-refractivity contribution in [2.75, 3.05) is 13.2 Å². The molecule has 0 unspecified atom stereocenters. The molecule has 11 heteroatoms. The summed E-state index contributed by atoms with van der Waals surface area (Å²) in [7, 11) is -1.93. The number of alkyl halides is 4. The molecule has 6 nitrogen and oxygen atoms in total. The Morgan fingerprint density at radius 2 is 1.27 bits per heavy atom. The van der Waals surface area contributed by atoms with E-state index in [1.54, 1.807) is 0 Å². The predicted octanol–water partition coefficient (Wildman–Crippen LogP) is 5.12. The molecule has 0 aliphatic heterocycles. The van der Waals surface area contributed by atoms with Gasteiger partial charge in [-0.1, -0.05) is 32.9 Å². The molecule has 0 amide bonds. The third-order valence-electron chi connectivity index (χ3n) is 5.42. The van der Waals surface area contributed by atoms with Crippen molar-refractivity contribution in [1.29, 1.82) is 0 Å².